The molecule has 0 bridgehead atoms. The van der Waals surface area contributed by atoms with Crippen LogP contribution in [0.1, 0.15) is 17.3 Å². The van der Waals surface area contributed by atoms with Crippen LogP contribution in [-0.2, 0) is 10.0 Å². The summed E-state index contributed by atoms with van der Waals surface area (Å²) >= 11 is 0. The monoisotopic (exact) mass is 425 g/mol. The van der Waals surface area contributed by atoms with Crippen molar-refractivity contribution in [2.24, 2.45) is 0 Å². The molecular weight excluding hydrogens is 402 g/mol. The molecule has 9 heteroatoms. The quantitative estimate of drug-likeness (QED) is 0.741. The molecule has 2 aromatic rings. The van der Waals surface area contributed by atoms with Crippen molar-refractivity contribution in [2.45, 2.75) is 11.8 Å². The fourth-order valence-electron chi connectivity index (χ4n) is 2.86. The van der Waals surface area contributed by atoms with E-state index in [1.807, 2.05) is 6.92 Å². The number of nitrogens with one attached hydrogen (secondary N) is 2. The molecule has 0 aromatic heterocycles. The Hall–Kier alpha value is -2.29. The first kappa shape index (κ1) is 22.0. The van der Waals surface area contributed by atoms with Gasteiger partial charge in [-0.15, -0.1) is 12.4 Å². The number of nitrogens with zero attached hydrogens (tertiary/aromatic N) is 1. The van der Waals surface area contributed by atoms with Gasteiger partial charge < -0.3 is 15.0 Å². The first-order valence-corrected chi connectivity index (χ1v) is 10.3. The molecule has 2 aromatic carbocycles. The number of anilines is 1. The summed E-state index contributed by atoms with van der Waals surface area (Å²) in [5.74, 6) is 0.513. The summed E-state index contributed by atoms with van der Waals surface area (Å²) < 4.78 is 33.1. The highest BCUT2D eigenvalue weighted by molar-refractivity contribution is 7.92. The van der Waals surface area contributed by atoms with Crippen LogP contribution in [0, 0.1) is 0 Å². The highest BCUT2D eigenvalue weighted by Gasteiger charge is 2.19. The molecule has 1 aliphatic rings. The van der Waals surface area contributed by atoms with E-state index in [-0.39, 0.29) is 23.2 Å². The van der Waals surface area contributed by atoms with Gasteiger partial charge in [-0.2, -0.15) is 0 Å². The lowest BCUT2D eigenvalue weighted by Gasteiger charge is -2.27. The lowest BCUT2D eigenvalue weighted by atomic mass is 10.1. The molecule has 1 saturated heterocycles. The molecule has 1 amide bonds. The molecule has 0 spiro atoms. The van der Waals surface area contributed by atoms with Gasteiger partial charge in [0.05, 0.1) is 11.5 Å². The van der Waals surface area contributed by atoms with Gasteiger partial charge in [0.15, 0.2) is 0 Å². The highest BCUT2D eigenvalue weighted by atomic mass is 35.5. The maximum Gasteiger partial charge on any atom is 0.261 e. The van der Waals surface area contributed by atoms with E-state index in [4.69, 9.17) is 4.74 Å². The number of halogens is 1. The molecule has 0 unspecified atom stereocenters. The van der Waals surface area contributed by atoms with Crippen LogP contribution in [0.2, 0.25) is 0 Å². The second kappa shape index (κ2) is 9.77. The summed E-state index contributed by atoms with van der Waals surface area (Å²) in [6.45, 7) is 5.17. The Morgan fingerprint density at radius 2 is 1.82 bits per heavy atom. The van der Waals surface area contributed by atoms with Crippen molar-refractivity contribution in [3.05, 3.63) is 54.1 Å². The number of carbonyl (C=O) groups excluding carboxylic acids is 1. The number of benzene rings is 2. The third-order valence-electron chi connectivity index (χ3n) is 4.21. The molecule has 1 heterocycles. The summed E-state index contributed by atoms with van der Waals surface area (Å²) in [5, 5.41) is 3.20. The number of sulfonamides is 1. The summed E-state index contributed by atoms with van der Waals surface area (Å²) in [7, 11) is -3.75. The Labute approximate surface area is 171 Å². The Morgan fingerprint density at radius 3 is 2.46 bits per heavy atom. The predicted octanol–water partition coefficient (Wildman–Crippen LogP) is 2.35. The van der Waals surface area contributed by atoms with Crippen molar-refractivity contribution in [2.75, 3.05) is 37.5 Å². The van der Waals surface area contributed by atoms with E-state index in [2.05, 4.69) is 10.0 Å². The Bertz CT molecular complexity index is 898. The zero-order valence-corrected chi connectivity index (χ0v) is 17.2. The van der Waals surface area contributed by atoms with E-state index in [1.165, 1.54) is 12.1 Å². The molecular formula is C19H24ClN3O4S. The molecule has 2 N–H and O–H groups in total. The van der Waals surface area contributed by atoms with Gasteiger partial charge in [-0.1, -0.05) is 6.07 Å². The molecule has 1 aliphatic heterocycles. The maximum atomic E-state index is 12.6. The van der Waals surface area contributed by atoms with Crippen LogP contribution in [0.25, 0.3) is 0 Å². The molecule has 7 nitrogen and oxygen atoms in total. The summed E-state index contributed by atoms with van der Waals surface area (Å²) in [5.41, 5.74) is 0.814. The fourth-order valence-corrected chi connectivity index (χ4v) is 3.91. The summed E-state index contributed by atoms with van der Waals surface area (Å²) in [6, 6.07) is 12.8. The zero-order valence-electron chi connectivity index (χ0n) is 15.6. The Balaban J connectivity index is 0.00000280. The number of hydrogen-bond acceptors (Lipinski definition) is 5. The van der Waals surface area contributed by atoms with Crippen LogP contribution in [0.15, 0.2) is 53.4 Å². The van der Waals surface area contributed by atoms with E-state index in [1.54, 1.807) is 41.3 Å². The van der Waals surface area contributed by atoms with Gasteiger partial charge in [-0.25, -0.2) is 8.42 Å². The average Bonchev–Trinajstić information content (AvgIpc) is 2.69. The van der Waals surface area contributed by atoms with Crippen LogP contribution in [-0.4, -0.2) is 52.0 Å². The molecule has 0 saturated carbocycles. The Morgan fingerprint density at radius 1 is 1.14 bits per heavy atom. The third-order valence-corrected chi connectivity index (χ3v) is 5.61. The Kier molecular flexibility index (Phi) is 7.68. The second-order valence-corrected chi connectivity index (χ2v) is 7.82. The summed E-state index contributed by atoms with van der Waals surface area (Å²) in [4.78, 5) is 14.5. The van der Waals surface area contributed by atoms with Crippen molar-refractivity contribution in [1.29, 1.82) is 0 Å². The summed E-state index contributed by atoms with van der Waals surface area (Å²) in [6.07, 6.45) is 0. The van der Waals surface area contributed by atoms with Crippen molar-refractivity contribution < 1.29 is 17.9 Å². The van der Waals surface area contributed by atoms with E-state index in [9.17, 15) is 13.2 Å². The van der Waals surface area contributed by atoms with Crippen molar-refractivity contribution in [3.63, 3.8) is 0 Å². The maximum absolute atomic E-state index is 12.6. The zero-order chi connectivity index (χ0) is 19.3. The van der Waals surface area contributed by atoms with E-state index >= 15 is 0 Å². The minimum atomic E-state index is -3.75. The van der Waals surface area contributed by atoms with Gasteiger partial charge in [-0.05, 0) is 49.4 Å². The molecule has 28 heavy (non-hydrogen) atoms. The number of carbonyl (C=O) groups is 1. The fraction of sp³-hybridized carbons (Fsp3) is 0.316. The molecule has 0 atom stereocenters. The molecule has 1 fully saturated rings. The predicted molar refractivity (Wildman–Crippen MR) is 111 cm³/mol. The van der Waals surface area contributed by atoms with Crippen LogP contribution in [0.4, 0.5) is 5.69 Å². The molecule has 0 radical (unpaired) electrons. The highest BCUT2D eigenvalue weighted by Crippen LogP contribution is 2.20. The number of hydrogen-bond donors (Lipinski definition) is 2. The van der Waals surface area contributed by atoms with Crippen LogP contribution in [0.5, 0.6) is 5.75 Å². The van der Waals surface area contributed by atoms with Gasteiger partial charge in [0, 0.05) is 37.4 Å². The van der Waals surface area contributed by atoms with Gasteiger partial charge in [0.25, 0.3) is 15.9 Å². The van der Waals surface area contributed by atoms with E-state index < -0.39 is 10.0 Å². The smallest absolute Gasteiger partial charge is 0.261 e. The first-order chi connectivity index (χ1) is 13.0. The van der Waals surface area contributed by atoms with Crippen molar-refractivity contribution in [3.8, 4) is 5.75 Å². The lowest BCUT2D eigenvalue weighted by Crippen LogP contribution is -2.46. The number of amides is 1. The minimum absolute atomic E-state index is 0. The van der Waals surface area contributed by atoms with Crippen molar-refractivity contribution in [1.82, 2.24) is 10.2 Å². The normalized spacial score (nSPS) is 14.1. The number of piperazine rings is 1. The largest absolute Gasteiger partial charge is 0.494 e. The van der Waals surface area contributed by atoms with Crippen molar-refractivity contribution >= 4 is 34.0 Å². The lowest BCUT2D eigenvalue weighted by molar-refractivity contribution is 0.0736. The average molecular weight is 426 g/mol. The second-order valence-electron chi connectivity index (χ2n) is 6.13. The standard InChI is InChI=1S/C19H23N3O4S.ClH/c1-2-26-17-6-8-18(9-7-17)27(24,25)21-16-5-3-4-15(14-16)19(23)22-12-10-20-11-13-22;/h3-9,14,20-21H,2,10-13H2,1H3;1H. The van der Waals surface area contributed by atoms with Gasteiger partial charge in [-0.3, -0.25) is 9.52 Å². The minimum Gasteiger partial charge on any atom is -0.494 e. The van der Waals surface area contributed by atoms with Crippen LogP contribution < -0.4 is 14.8 Å². The number of rotatable bonds is 6. The van der Waals surface area contributed by atoms with Gasteiger partial charge in [0.1, 0.15) is 5.75 Å². The molecule has 152 valence electrons. The van der Waals surface area contributed by atoms with Gasteiger partial charge >= 0.3 is 0 Å². The van der Waals surface area contributed by atoms with Gasteiger partial charge in [0.2, 0.25) is 0 Å². The topological polar surface area (TPSA) is 87.7 Å². The molecule has 0 aliphatic carbocycles. The van der Waals surface area contributed by atoms with E-state index in [0.717, 1.165) is 13.1 Å². The third kappa shape index (κ3) is 5.37. The molecule has 3 rings (SSSR count). The first-order valence-electron chi connectivity index (χ1n) is 8.85. The number of ether oxygens (including phenoxy) is 1. The SMILES string of the molecule is CCOc1ccc(S(=O)(=O)Nc2cccc(C(=O)N3CCNCC3)c2)cc1.Cl. The van der Waals surface area contributed by atoms with E-state index in [0.29, 0.717) is 36.7 Å². The van der Waals surface area contributed by atoms with Crippen LogP contribution in [0.3, 0.4) is 0 Å². The van der Waals surface area contributed by atoms with Crippen LogP contribution >= 0.6 is 12.4 Å².